The van der Waals surface area contributed by atoms with Crippen molar-refractivity contribution in [2.75, 3.05) is 13.1 Å². The quantitative estimate of drug-likeness (QED) is 0.826. The average Bonchev–Trinajstić information content (AvgIpc) is 2.72. The van der Waals surface area contributed by atoms with Gasteiger partial charge in [0.25, 0.3) is 5.91 Å². The lowest BCUT2D eigenvalue weighted by atomic mass is 10.0. The van der Waals surface area contributed by atoms with Crippen LogP contribution in [-0.2, 0) is 0 Å². The number of fused-ring (bicyclic) bond motifs is 1. The largest absolute Gasteiger partial charge is 0.329 e. The van der Waals surface area contributed by atoms with Gasteiger partial charge in [-0.1, -0.05) is 18.2 Å². The number of carbonyl (C=O) groups is 1. The van der Waals surface area contributed by atoms with E-state index in [0.29, 0.717) is 12.1 Å². The van der Waals surface area contributed by atoms with E-state index in [2.05, 4.69) is 36.6 Å². The zero-order valence-electron chi connectivity index (χ0n) is 12.7. The maximum Gasteiger partial charge on any atom is 0.254 e. The number of hydrogen-bond acceptors (Lipinski definition) is 2. The molecule has 0 aromatic heterocycles. The Balaban J connectivity index is 1.76. The van der Waals surface area contributed by atoms with Gasteiger partial charge in [0.05, 0.1) is 6.04 Å². The second-order valence-electron chi connectivity index (χ2n) is 6.34. The molecule has 0 radical (unpaired) electrons. The van der Waals surface area contributed by atoms with Crippen molar-refractivity contribution < 1.29 is 4.79 Å². The third-order valence-electron chi connectivity index (χ3n) is 4.92. The number of piperidine rings is 1. The molecule has 1 amide bonds. The molecule has 0 saturated carbocycles. The lowest BCUT2D eigenvalue weighted by molar-refractivity contribution is 0.0487. The Morgan fingerprint density at radius 2 is 1.80 bits per heavy atom. The molecule has 0 spiro atoms. The minimum absolute atomic E-state index is 0.231. The van der Waals surface area contributed by atoms with Gasteiger partial charge in [-0.05, 0) is 45.2 Å². The van der Waals surface area contributed by atoms with Gasteiger partial charge >= 0.3 is 0 Å². The average molecular weight is 272 g/mol. The van der Waals surface area contributed by atoms with Crippen molar-refractivity contribution in [3.8, 4) is 0 Å². The summed E-state index contributed by atoms with van der Waals surface area (Å²) in [7, 11) is 0. The van der Waals surface area contributed by atoms with E-state index >= 15 is 0 Å². The fraction of sp³-hybridized carbons (Fsp3) is 0.588. The summed E-state index contributed by atoms with van der Waals surface area (Å²) in [5.41, 5.74) is 2.11. The fourth-order valence-corrected chi connectivity index (χ4v) is 3.68. The Kier molecular flexibility index (Phi) is 3.55. The van der Waals surface area contributed by atoms with Crippen molar-refractivity contribution in [3.63, 3.8) is 0 Å². The number of rotatable bonds is 2. The number of likely N-dealkylation sites (tertiary alicyclic amines) is 1. The molecular formula is C17H24N2O. The summed E-state index contributed by atoms with van der Waals surface area (Å²) in [5, 5.41) is 0. The van der Waals surface area contributed by atoms with Gasteiger partial charge in [0.1, 0.15) is 0 Å². The molecule has 1 fully saturated rings. The van der Waals surface area contributed by atoms with E-state index in [-0.39, 0.29) is 11.9 Å². The second-order valence-corrected chi connectivity index (χ2v) is 6.34. The zero-order chi connectivity index (χ0) is 14.3. The Hall–Kier alpha value is -1.35. The first-order valence-corrected chi connectivity index (χ1v) is 7.75. The molecule has 1 atom stereocenters. The van der Waals surface area contributed by atoms with Crippen LogP contribution in [0.5, 0.6) is 0 Å². The molecule has 2 aliphatic rings. The van der Waals surface area contributed by atoms with Crippen LogP contribution in [0, 0.1) is 0 Å². The molecule has 0 bridgehead atoms. The number of nitrogens with zero attached hydrogens (tertiary/aromatic N) is 2. The summed E-state index contributed by atoms with van der Waals surface area (Å²) < 4.78 is 0. The first kappa shape index (κ1) is 13.6. The predicted molar refractivity (Wildman–Crippen MR) is 80.8 cm³/mol. The van der Waals surface area contributed by atoms with Gasteiger partial charge in [0.2, 0.25) is 0 Å². The van der Waals surface area contributed by atoms with Crippen LogP contribution >= 0.6 is 0 Å². The molecule has 0 N–H and O–H groups in total. The molecule has 2 heterocycles. The first-order chi connectivity index (χ1) is 9.59. The molecular weight excluding hydrogens is 248 g/mol. The summed E-state index contributed by atoms with van der Waals surface area (Å²) >= 11 is 0. The predicted octanol–water partition coefficient (Wildman–Crippen LogP) is 3.08. The summed E-state index contributed by atoms with van der Waals surface area (Å²) in [5.74, 6) is 0.232. The highest BCUT2D eigenvalue weighted by Gasteiger charge is 2.39. The van der Waals surface area contributed by atoms with Gasteiger partial charge < -0.3 is 9.80 Å². The zero-order valence-corrected chi connectivity index (χ0v) is 12.7. The minimum atomic E-state index is 0.231. The highest BCUT2D eigenvalue weighted by atomic mass is 16.2. The lowest BCUT2D eigenvalue weighted by Gasteiger charge is -2.40. The molecule has 3 heteroatoms. The van der Waals surface area contributed by atoms with Gasteiger partial charge in [0, 0.05) is 30.7 Å². The van der Waals surface area contributed by atoms with Crippen LogP contribution in [0.1, 0.15) is 55.6 Å². The molecule has 0 aliphatic carbocycles. The van der Waals surface area contributed by atoms with Gasteiger partial charge in [-0.2, -0.15) is 0 Å². The van der Waals surface area contributed by atoms with Crippen molar-refractivity contribution in [1.82, 2.24) is 9.80 Å². The highest BCUT2D eigenvalue weighted by Crippen LogP contribution is 2.37. The molecule has 1 saturated heterocycles. The highest BCUT2D eigenvalue weighted by molar-refractivity contribution is 5.99. The summed E-state index contributed by atoms with van der Waals surface area (Å²) in [6.45, 7) is 8.88. The number of amides is 1. The smallest absolute Gasteiger partial charge is 0.254 e. The van der Waals surface area contributed by atoms with E-state index in [9.17, 15) is 4.79 Å². The number of carbonyl (C=O) groups excluding carboxylic acids is 1. The number of benzene rings is 1. The molecule has 1 unspecified atom stereocenters. The van der Waals surface area contributed by atoms with Crippen LogP contribution < -0.4 is 0 Å². The molecule has 108 valence electrons. The molecule has 3 rings (SSSR count). The van der Waals surface area contributed by atoms with Crippen LogP contribution in [0.2, 0.25) is 0 Å². The molecule has 1 aromatic rings. The Bertz CT molecular complexity index is 503. The standard InChI is InChI=1S/C17H24N2O/c1-12(2)18-10-8-14(9-11-18)19-13(3)15-6-4-5-7-16(15)17(19)20/h4-7,12-14H,8-11H2,1-3H3. The van der Waals surface area contributed by atoms with E-state index in [1.807, 2.05) is 18.2 Å². The van der Waals surface area contributed by atoms with E-state index in [1.54, 1.807) is 0 Å². The van der Waals surface area contributed by atoms with E-state index in [1.165, 1.54) is 5.56 Å². The fourth-order valence-electron chi connectivity index (χ4n) is 3.68. The second kappa shape index (κ2) is 5.21. The third kappa shape index (κ3) is 2.14. The molecule has 3 nitrogen and oxygen atoms in total. The van der Waals surface area contributed by atoms with E-state index in [4.69, 9.17) is 0 Å². The Morgan fingerprint density at radius 1 is 1.15 bits per heavy atom. The molecule has 20 heavy (non-hydrogen) atoms. The van der Waals surface area contributed by atoms with E-state index in [0.717, 1.165) is 31.5 Å². The van der Waals surface area contributed by atoms with Crippen molar-refractivity contribution in [2.45, 2.75) is 51.7 Å². The van der Waals surface area contributed by atoms with Gasteiger partial charge in [-0.25, -0.2) is 0 Å². The maximum absolute atomic E-state index is 12.6. The minimum Gasteiger partial charge on any atom is -0.329 e. The normalized spacial score (nSPS) is 24.5. The first-order valence-electron chi connectivity index (χ1n) is 7.75. The Morgan fingerprint density at radius 3 is 2.40 bits per heavy atom. The monoisotopic (exact) mass is 272 g/mol. The number of hydrogen-bond donors (Lipinski definition) is 0. The van der Waals surface area contributed by atoms with Crippen molar-refractivity contribution in [2.24, 2.45) is 0 Å². The maximum atomic E-state index is 12.6. The summed E-state index contributed by atoms with van der Waals surface area (Å²) in [6.07, 6.45) is 2.20. The topological polar surface area (TPSA) is 23.6 Å². The van der Waals surface area contributed by atoms with Crippen LogP contribution in [0.4, 0.5) is 0 Å². The summed E-state index contributed by atoms with van der Waals surface area (Å²) in [4.78, 5) is 17.3. The van der Waals surface area contributed by atoms with Gasteiger partial charge in [-0.3, -0.25) is 4.79 Å². The van der Waals surface area contributed by atoms with Crippen LogP contribution in [0.15, 0.2) is 24.3 Å². The molecule has 1 aromatic carbocycles. The van der Waals surface area contributed by atoms with Crippen LogP contribution in [0.25, 0.3) is 0 Å². The van der Waals surface area contributed by atoms with Crippen LogP contribution in [-0.4, -0.2) is 40.9 Å². The Labute approximate surface area is 121 Å². The van der Waals surface area contributed by atoms with Gasteiger partial charge in [-0.15, -0.1) is 0 Å². The van der Waals surface area contributed by atoms with Gasteiger partial charge in [0.15, 0.2) is 0 Å². The molecule has 2 aliphatic heterocycles. The third-order valence-corrected chi connectivity index (χ3v) is 4.92. The van der Waals surface area contributed by atoms with Crippen molar-refractivity contribution >= 4 is 5.91 Å². The van der Waals surface area contributed by atoms with E-state index < -0.39 is 0 Å². The summed E-state index contributed by atoms with van der Waals surface area (Å²) in [6, 6.07) is 9.31. The van der Waals surface area contributed by atoms with Crippen LogP contribution in [0.3, 0.4) is 0 Å². The van der Waals surface area contributed by atoms with Crippen molar-refractivity contribution in [3.05, 3.63) is 35.4 Å². The lowest BCUT2D eigenvalue weighted by Crippen LogP contribution is -2.47. The SMILES string of the molecule is CC(C)N1CCC(N2C(=O)c3ccccc3C2C)CC1. The van der Waals surface area contributed by atoms with Crippen molar-refractivity contribution in [1.29, 1.82) is 0 Å².